The summed E-state index contributed by atoms with van der Waals surface area (Å²) in [6, 6.07) is 6.28. The lowest BCUT2D eigenvalue weighted by atomic mass is 10.0. The SMILES string of the molecule is CC(C)=C1C(=N)N(Cc2ccccc2F)N=C1/C(N)=N/NC(=O)C#CSI. The lowest BCUT2D eigenvalue weighted by Crippen LogP contribution is -2.30. The molecule has 4 N–H and O–H groups in total. The van der Waals surface area contributed by atoms with Crippen LogP contribution in [0.25, 0.3) is 0 Å². The van der Waals surface area contributed by atoms with Crippen molar-refractivity contribution in [3.05, 3.63) is 46.8 Å². The van der Waals surface area contributed by atoms with Crippen LogP contribution in [0, 0.1) is 22.4 Å². The van der Waals surface area contributed by atoms with Crippen LogP contribution < -0.4 is 11.2 Å². The Kier molecular flexibility index (Phi) is 7.37. The van der Waals surface area contributed by atoms with Crippen LogP contribution in [0.15, 0.2) is 45.6 Å². The Labute approximate surface area is 172 Å². The van der Waals surface area contributed by atoms with Gasteiger partial charge in [-0.3, -0.25) is 10.2 Å². The first-order valence-corrected chi connectivity index (χ1v) is 11.0. The van der Waals surface area contributed by atoms with Crippen molar-refractivity contribution in [2.45, 2.75) is 20.4 Å². The van der Waals surface area contributed by atoms with Crippen LogP contribution in [0.1, 0.15) is 19.4 Å². The van der Waals surface area contributed by atoms with Gasteiger partial charge in [0, 0.05) is 38.3 Å². The molecule has 0 aromatic heterocycles. The van der Waals surface area contributed by atoms with E-state index in [9.17, 15) is 9.18 Å². The van der Waals surface area contributed by atoms with Gasteiger partial charge in [-0.15, -0.1) is 0 Å². The first-order valence-electron chi connectivity index (χ1n) is 7.63. The number of hydrogen-bond donors (Lipinski definition) is 3. The highest BCUT2D eigenvalue weighted by molar-refractivity contribution is 14.2. The van der Waals surface area contributed by atoms with E-state index in [0.717, 1.165) is 5.57 Å². The average molecular weight is 498 g/mol. The van der Waals surface area contributed by atoms with E-state index in [4.69, 9.17) is 11.1 Å². The van der Waals surface area contributed by atoms with E-state index in [2.05, 4.69) is 26.8 Å². The fourth-order valence-corrected chi connectivity index (χ4v) is 2.74. The van der Waals surface area contributed by atoms with Crippen molar-refractivity contribution < 1.29 is 9.18 Å². The van der Waals surface area contributed by atoms with Crippen molar-refractivity contribution in [3.63, 3.8) is 0 Å². The molecule has 27 heavy (non-hydrogen) atoms. The Balaban J connectivity index is 2.29. The molecule has 1 heterocycles. The summed E-state index contributed by atoms with van der Waals surface area (Å²) in [7, 11) is 1.17. The van der Waals surface area contributed by atoms with E-state index in [1.807, 2.05) is 21.2 Å². The molecule has 140 valence electrons. The average Bonchev–Trinajstić information content (AvgIpc) is 2.96. The standard InChI is InChI=1S/C17H16FIN6OS/c1-10(2)14-15(16(20)23-22-13(26)7-8-27-19)24-25(17(14)21)9-11-5-3-4-6-12(11)18/h3-6,21H,9H2,1-2H3,(H2,20,23)(H,22,26). The molecule has 0 radical (unpaired) electrons. The molecule has 0 spiro atoms. The van der Waals surface area contributed by atoms with Crippen LogP contribution in [0.3, 0.4) is 0 Å². The lowest BCUT2D eigenvalue weighted by molar-refractivity contribution is -0.115. The molecular formula is C17H16FIN6OS. The maximum atomic E-state index is 13.9. The van der Waals surface area contributed by atoms with E-state index in [1.165, 1.54) is 20.0 Å². The van der Waals surface area contributed by atoms with Crippen molar-refractivity contribution in [1.82, 2.24) is 10.4 Å². The summed E-state index contributed by atoms with van der Waals surface area (Å²) < 4.78 is 13.9. The second kappa shape index (κ2) is 9.52. The molecule has 2 rings (SSSR count). The molecule has 0 saturated heterocycles. The molecule has 1 aromatic carbocycles. The van der Waals surface area contributed by atoms with Crippen LogP contribution in [0.4, 0.5) is 4.39 Å². The van der Waals surface area contributed by atoms with Gasteiger partial charge in [-0.2, -0.15) is 10.2 Å². The summed E-state index contributed by atoms with van der Waals surface area (Å²) >= 11 is 1.94. The largest absolute Gasteiger partial charge is 0.380 e. The first kappa shape index (κ1) is 20.9. The van der Waals surface area contributed by atoms with E-state index in [-0.39, 0.29) is 29.7 Å². The molecule has 1 amide bonds. The number of rotatable bonds is 4. The number of hydrogen-bond acceptors (Lipinski definition) is 5. The minimum Gasteiger partial charge on any atom is -0.380 e. The fourth-order valence-electron chi connectivity index (χ4n) is 2.27. The normalized spacial score (nSPS) is 13.9. The Morgan fingerprint density at radius 2 is 2.19 bits per heavy atom. The molecule has 0 saturated carbocycles. The molecule has 0 atom stereocenters. The first-order chi connectivity index (χ1) is 12.8. The number of amides is 1. The summed E-state index contributed by atoms with van der Waals surface area (Å²) in [5, 5.41) is 20.3. The molecule has 0 fully saturated rings. The highest BCUT2D eigenvalue weighted by atomic mass is 127. The zero-order valence-electron chi connectivity index (χ0n) is 14.5. The maximum absolute atomic E-state index is 13.9. The summed E-state index contributed by atoms with van der Waals surface area (Å²) in [5.41, 5.74) is 10.1. The zero-order chi connectivity index (χ0) is 20.0. The van der Waals surface area contributed by atoms with Gasteiger partial charge in [0.25, 0.3) is 0 Å². The number of carbonyl (C=O) groups excluding carboxylic acids is 1. The minimum absolute atomic E-state index is 0.0655. The van der Waals surface area contributed by atoms with Crippen LogP contribution >= 0.6 is 30.1 Å². The van der Waals surface area contributed by atoms with E-state index in [0.29, 0.717) is 11.1 Å². The molecule has 0 aliphatic carbocycles. The quantitative estimate of drug-likeness (QED) is 0.195. The van der Waals surface area contributed by atoms with Crippen LogP contribution in [0.5, 0.6) is 0 Å². The zero-order valence-corrected chi connectivity index (χ0v) is 17.5. The number of nitrogens with zero attached hydrogens (tertiary/aromatic N) is 3. The number of nitrogens with two attached hydrogens (primary N) is 1. The lowest BCUT2D eigenvalue weighted by Gasteiger charge is -2.14. The molecule has 1 aromatic rings. The number of amidine groups is 2. The van der Waals surface area contributed by atoms with Gasteiger partial charge in [-0.25, -0.2) is 14.8 Å². The van der Waals surface area contributed by atoms with Gasteiger partial charge in [0.1, 0.15) is 11.5 Å². The van der Waals surface area contributed by atoms with Crippen molar-refractivity contribution in [1.29, 1.82) is 5.41 Å². The third-order valence-electron chi connectivity index (χ3n) is 3.45. The number of hydrazone groups is 2. The molecular weight excluding hydrogens is 482 g/mol. The van der Waals surface area contributed by atoms with Gasteiger partial charge in [0.2, 0.25) is 0 Å². The van der Waals surface area contributed by atoms with Gasteiger partial charge in [-0.05, 0) is 34.1 Å². The highest BCUT2D eigenvalue weighted by Gasteiger charge is 2.30. The summed E-state index contributed by atoms with van der Waals surface area (Å²) in [6.45, 7) is 3.69. The molecule has 0 unspecified atom stereocenters. The maximum Gasteiger partial charge on any atom is 0.316 e. The summed E-state index contributed by atoms with van der Waals surface area (Å²) in [6.07, 6.45) is 0. The Hall–Kier alpha value is -2.39. The van der Waals surface area contributed by atoms with Gasteiger partial charge >= 0.3 is 5.91 Å². The highest BCUT2D eigenvalue weighted by Crippen LogP contribution is 2.22. The molecule has 0 bridgehead atoms. The van der Waals surface area contributed by atoms with Crippen molar-refractivity contribution in [2.75, 3.05) is 0 Å². The topological polar surface area (TPSA) is 107 Å². The minimum atomic E-state index is -0.613. The van der Waals surface area contributed by atoms with Crippen LogP contribution in [-0.4, -0.2) is 28.3 Å². The Morgan fingerprint density at radius 3 is 2.81 bits per heavy atom. The Bertz CT molecular complexity index is 927. The molecule has 1 aliphatic heterocycles. The molecule has 10 heteroatoms. The van der Waals surface area contributed by atoms with Gasteiger partial charge in [0.15, 0.2) is 11.7 Å². The number of benzene rings is 1. The second-order valence-corrected chi connectivity index (χ2v) is 7.24. The predicted octanol–water partition coefficient (Wildman–Crippen LogP) is 2.74. The number of halogens is 2. The van der Waals surface area contributed by atoms with Crippen LogP contribution in [0.2, 0.25) is 0 Å². The molecule has 1 aliphatic rings. The number of nitrogens with one attached hydrogen (secondary N) is 2. The third kappa shape index (κ3) is 5.30. The van der Waals surface area contributed by atoms with Gasteiger partial charge in [0.05, 0.1) is 6.54 Å². The van der Waals surface area contributed by atoms with Crippen LogP contribution in [-0.2, 0) is 11.3 Å². The fraction of sp³-hybridized carbons (Fsp3) is 0.176. The Morgan fingerprint density at radius 1 is 1.48 bits per heavy atom. The van der Waals surface area contributed by atoms with Gasteiger partial charge < -0.3 is 5.73 Å². The third-order valence-corrected chi connectivity index (χ3v) is 4.29. The van der Waals surface area contributed by atoms with Crippen molar-refractivity contribution >= 4 is 53.4 Å². The smallest absolute Gasteiger partial charge is 0.316 e. The number of carbonyl (C=O) groups is 1. The van der Waals surface area contributed by atoms with Gasteiger partial charge in [-0.1, -0.05) is 23.8 Å². The van der Waals surface area contributed by atoms with Crippen molar-refractivity contribution in [2.24, 2.45) is 15.9 Å². The van der Waals surface area contributed by atoms with E-state index in [1.54, 1.807) is 32.0 Å². The predicted molar refractivity (Wildman–Crippen MR) is 115 cm³/mol. The van der Waals surface area contributed by atoms with E-state index < -0.39 is 5.91 Å². The van der Waals surface area contributed by atoms with Crippen molar-refractivity contribution in [3.8, 4) is 11.2 Å². The molecule has 7 nitrogen and oxygen atoms in total. The summed E-state index contributed by atoms with van der Waals surface area (Å²) in [4.78, 5) is 11.5. The number of allylic oxidation sites excluding steroid dienone is 1. The second-order valence-electron chi connectivity index (χ2n) is 5.56. The monoisotopic (exact) mass is 498 g/mol. The van der Waals surface area contributed by atoms with E-state index >= 15 is 0 Å². The summed E-state index contributed by atoms with van der Waals surface area (Å²) in [5.74, 6) is 1.34.